The summed E-state index contributed by atoms with van der Waals surface area (Å²) in [5.41, 5.74) is 1.27. The fourth-order valence-electron chi connectivity index (χ4n) is 1.97. The van der Waals surface area contributed by atoms with Crippen LogP contribution in [0.5, 0.6) is 5.75 Å². The molecule has 0 radical (unpaired) electrons. The van der Waals surface area contributed by atoms with Crippen molar-refractivity contribution in [1.29, 1.82) is 0 Å². The third kappa shape index (κ3) is 5.37. The highest BCUT2D eigenvalue weighted by Gasteiger charge is 2.17. The van der Waals surface area contributed by atoms with Crippen LogP contribution in [-0.2, 0) is 0 Å². The zero-order valence-electron chi connectivity index (χ0n) is 13.5. The highest BCUT2D eigenvalue weighted by Crippen LogP contribution is 2.30. The van der Waals surface area contributed by atoms with E-state index in [-0.39, 0.29) is 0 Å². The van der Waals surface area contributed by atoms with Crippen molar-refractivity contribution >= 4 is 11.8 Å². The van der Waals surface area contributed by atoms with Crippen molar-refractivity contribution in [2.75, 3.05) is 19.4 Å². The molecule has 2 nitrogen and oxygen atoms in total. The van der Waals surface area contributed by atoms with Crippen molar-refractivity contribution in [3.8, 4) is 5.75 Å². The van der Waals surface area contributed by atoms with Gasteiger partial charge in [0.05, 0.1) is 7.11 Å². The molecule has 0 saturated carbocycles. The molecule has 1 rings (SSSR count). The van der Waals surface area contributed by atoms with Crippen molar-refractivity contribution in [1.82, 2.24) is 5.32 Å². The van der Waals surface area contributed by atoms with E-state index >= 15 is 0 Å². The van der Waals surface area contributed by atoms with Crippen LogP contribution >= 0.6 is 11.8 Å². The van der Waals surface area contributed by atoms with E-state index in [9.17, 15) is 0 Å². The summed E-state index contributed by atoms with van der Waals surface area (Å²) in [7, 11) is 1.75. The lowest BCUT2D eigenvalue weighted by Gasteiger charge is -2.23. The Balaban J connectivity index is 2.77. The zero-order chi connectivity index (χ0) is 15.0. The molecule has 1 aromatic rings. The molecule has 0 fully saturated rings. The van der Waals surface area contributed by atoms with Gasteiger partial charge in [0, 0.05) is 22.6 Å². The minimum Gasteiger partial charge on any atom is -0.496 e. The van der Waals surface area contributed by atoms with Crippen molar-refractivity contribution in [3.05, 3.63) is 29.8 Å². The van der Waals surface area contributed by atoms with Crippen molar-refractivity contribution in [2.24, 2.45) is 5.92 Å². The number of hydrogen-bond donors (Lipinski definition) is 1. The predicted molar refractivity (Wildman–Crippen MR) is 90.8 cm³/mol. The minimum absolute atomic E-state index is 0.359. The lowest BCUT2D eigenvalue weighted by atomic mass is 10.1. The molecule has 0 saturated heterocycles. The van der Waals surface area contributed by atoms with Gasteiger partial charge in [-0.1, -0.05) is 45.9 Å². The van der Waals surface area contributed by atoms with Crippen LogP contribution in [0.15, 0.2) is 24.3 Å². The van der Waals surface area contributed by atoms with Gasteiger partial charge in [0.25, 0.3) is 0 Å². The lowest BCUT2D eigenvalue weighted by Crippen LogP contribution is -2.25. The second-order valence-electron chi connectivity index (χ2n) is 5.53. The molecule has 0 bridgehead atoms. The van der Waals surface area contributed by atoms with Crippen molar-refractivity contribution in [2.45, 2.75) is 45.4 Å². The van der Waals surface area contributed by atoms with Crippen molar-refractivity contribution < 1.29 is 4.74 Å². The van der Waals surface area contributed by atoms with E-state index in [1.54, 1.807) is 7.11 Å². The van der Waals surface area contributed by atoms with Gasteiger partial charge >= 0.3 is 0 Å². The monoisotopic (exact) mass is 295 g/mol. The van der Waals surface area contributed by atoms with E-state index < -0.39 is 0 Å². The Morgan fingerprint density at radius 2 is 1.90 bits per heavy atom. The molecule has 20 heavy (non-hydrogen) atoms. The van der Waals surface area contributed by atoms with E-state index in [0.29, 0.717) is 17.2 Å². The van der Waals surface area contributed by atoms with Gasteiger partial charge < -0.3 is 10.1 Å². The van der Waals surface area contributed by atoms with Crippen LogP contribution in [0.2, 0.25) is 0 Å². The molecule has 0 heterocycles. The third-order valence-electron chi connectivity index (χ3n) is 3.62. The quantitative estimate of drug-likeness (QED) is 0.724. The molecule has 0 aromatic heterocycles. The van der Waals surface area contributed by atoms with Crippen LogP contribution in [-0.4, -0.2) is 24.7 Å². The molecule has 0 aliphatic heterocycles. The normalized spacial score (nSPS) is 14.3. The fourth-order valence-corrected chi connectivity index (χ4v) is 3.15. The Bertz CT molecular complexity index is 381. The average molecular weight is 295 g/mol. The van der Waals surface area contributed by atoms with Crippen LogP contribution in [0.4, 0.5) is 0 Å². The molecule has 2 atom stereocenters. The molecule has 0 aliphatic carbocycles. The van der Waals surface area contributed by atoms with E-state index in [2.05, 4.69) is 45.1 Å². The number of para-hydroxylation sites is 1. The first-order chi connectivity index (χ1) is 9.60. The topological polar surface area (TPSA) is 21.3 Å². The summed E-state index contributed by atoms with van der Waals surface area (Å²) in [5.74, 6) is 2.78. The molecular weight excluding hydrogens is 266 g/mol. The maximum absolute atomic E-state index is 5.51. The molecule has 2 unspecified atom stereocenters. The van der Waals surface area contributed by atoms with Crippen LogP contribution < -0.4 is 10.1 Å². The number of benzene rings is 1. The molecule has 1 aromatic carbocycles. The van der Waals surface area contributed by atoms with Crippen LogP contribution in [0.25, 0.3) is 0 Å². The highest BCUT2D eigenvalue weighted by molar-refractivity contribution is 7.99. The Morgan fingerprint density at radius 1 is 1.20 bits per heavy atom. The first kappa shape index (κ1) is 17.4. The lowest BCUT2D eigenvalue weighted by molar-refractivity contribution is 0.402. The summed E-state index contributed by atoms with van der Waals surface area (Å²) in [4.78, 5) is 0. The summed E-state index contributed by atoms with van der Waals surface area (Å²) >= 11 is 2.04. The van der Waals surface area contributed by atoms with Gasteiger partial charge in [0.2, 0.25) is 0 Å². The Kier molecular flexibility index (Phi) is 8.08. The molecule has 114 valence electrons. The van der Waals surface area contributed by atoms with Crippen molar-refractivity contribution in [3.63, 3.8) is 0 Å². The number of thioether (sulfide) groups is 1. The SMILES string of the molecule is CCCNC(CSC(C)C(C)C)c1ccccc1OC. The van der Waals surface area contributed by atoms with Gasteiger partial charge in [0.1, 0.15) is 5.75 Å². The third-order valence-corrected chi connectivity index (χ3v) is 5.22. The minimum atomic E-state index is 0.359. The van der Waals surface area contributed by atoms with Gasteiger partial charge in [0.15, 0.2) is 0 Å². The maximum Gasteiger partial charge on any atom is 0.123 e. The fraction of sp³-hybridized carbons (Fsp3) is 0.647. The van der Waals surface area contributed by atoms with Gasteiger partial charge in [-0.2, -0.15) is 11.8 Å². The number of nitrogens with one attached hydrogen (secondary N) is 1. The summed E-state index contributed by atoms with van der Waals surface area (Å²) in [6.07, 6.45) is 1.15. The maximum atomic E-state index is 5.51. The Morgan fingerprint density at radius 3 is 2.50 bits per heavy atom. The standard InChI is InChI=1S/C17H29NOS/c1-6-11-18-16(12-20-14(4)13(2)3)15-9-7-8-10-17(15)19-5/h7-10,13-14,16,18H,6,11-12H2,1-5H3. The number of rotatable bonds is 9. The van der Waals surface area contributed by atoms with Gasteiger partial charge in [-0.3, -0.25) is 0 Å². The van der Waals surface area contributed by atoms with E-state index in [0.717, 1.165) is 24.5 Å². The number of hydrogen-bond acceptors (Lipinski definition) is 3. The average Bonchev–Trinajstić information content (AvgIpc) is 2.47. The van der Waals surface area contributed by atoms with Gasteiger partial charge in [-0.15, -0.1) is 0 Å². The Hall–Kier alpha value is -0.670. The van der Waals surface area contributed by atoms with E-state index in [1.807, 2.05) is 23.9 Å². The summed E-state index contributed by atoms with van der Waals surface area (Å²) < 4.78 is 5.51. The van der Waals surface area contributed by atoms with Crippen LogP contribution in [0.3, 0.4) is 0 Å². The first-order valence-corrected chi connectivity index (χ1v) is 8.62. The second-order valence-corrected chi connectivity index (χ2v) is 6.94. The van der Waals surface area contributed by atoms with Gasteiger partial charge in [-0.05, 0) is 24.9 Å². The van der Waals surface area contributed by atoms with Crippen LogP contribution in [0, 0.1) is 5.92 Å². The summed E-state index contributed by atoms with van der Waals surface area (Å²) in [5, 5.41) is 4.33. The molecule has 3 heteroatoms. The first-order valence-electron chi connectivity index (χ1n) is 7.58. The predicted octanol–water partition coefficient (Wildman–Crippen LogP) is 4.51. The van der Waals surface area contributed by atoms with E-state index in [4.69, 9.17) is 4.74 Å². The summed E-state index contributed by atoms with van der Waals surface area (Å²) in [6.45, 7) is 10.1. The molecule has 0 aliphatic rings. The smallest absolute Gasteiger partial charge is 0.123 e. The highest BCUT2D eigenvalue weighted by atomic mass is 32.2. The number of methoxy groups -OCH3 is 1. The number of ether oxygens (including phenoxy) is 1. The van der Waals surface area contributed by atoms with Gasteiger partial charge in [-0.25, -0.2) is 0 Å². The Labute approximate surface area is 128 Å². The molecule has 0 amide bonds. The zero-order valence-corrected chi connectivity index (χ0v) is 14.3. The second kappa shape index (κ2) is 9.30. The molecule has 1 N–H and O–H groups in total. The van der Waals surface area contributed by atoms with E-state index in [1.165, 1.54) is 5.56 Å². The largest absolute Gasteiger partial charge is 0.496 e. The molecule has 0 spiro atoms. The molecular formula is C17H29NOS. The summed E-state index contributed by atoms with van der Waals surface area (Å²) in [6, 6.07) is 8.70. The van der Waals surface area contributed by atoms with Crippen LogP contribution in [0.1, 0.15) is 45.7 Å².